The SMILES string of the molecule is CCCCCCCCCCCCCCCCCCCCCC/C=C/C(=O)Cl. The second kappa shape index (κ2) is 23.7. The number of rotatable bonds is 22. The van der Waals surface area contributed by atoms with Gasteiger partial charge in [0.25, 0.3) is 0 Å². The summed E-state index contributed by atoms with van der Waals surface area (Å²) in [4.78, 5) is 10.5. The van der Waals surface area contributed by atoms with Crippen molar-refractivity contribution in [2.24, 2.45) is 0 Å². The molecule has 0 bridgehead atoms. The van der Waals surface area contributed by atoms with E-state index in [0.29, 0.717) is 0 Å². The van der Waals surface area contributed by atoms with E-state index in [1.807, 2.05) is 6.08 Å². The van der Waals surface area contributed by atoms with Gasteiger partial charge in [-0.2, -0.15) is 0 Å². The Labute approximate surface area is 175 Å². The van der Waals surface area contributed by atoms with Gasteiger partial charge in [-0.05, 0) is 30.5 Å². The summed E-state index contributed by atoms with van der Waals surface area (Å²) in [6, 6.07) is 0. The fourth-order valence-corrected chi connectivity index (χ4v) is 3.78. The van der Waals surface area contributed by atoms with Crippen LogP contribution in [-0.2, 0) is 4.79 Å². The molecule has 0 saturated heterocycles. The van der Waals surface area contributed by atoms with Crippen LogP contribution in [0.5, 0.6) is 0 Å². The van der Waals surface area contributed by atoms with Crippen LogP contribution in [0.2, 0.25) is 0 Å². The van der Waals surface area contributed by atoms with E-state index in [9.17, 15) is 4.79 Å². The second-order valence-electron chi connectivity index (χ2n) is 8.21. The molecular formula is C25H47ClO. The summed E-state index contributed by atoms with van der Waals surface area (Å²) in [5.41, 5.74) is 0. The first-order valence-corrected chi connectivity index (χ1v) is 12.5. The predicted molar refractivity (Wildman–Crippen MR) is 123 cm³/mol. The van der Waals surface area contributed by atoms with Crippen molar-refractivity contribution in [3.8, 4) is 0 Å². The number of hydrogen-bond acceptors (Lipinski definition) is 1. The number of hydrogen-bond donors (Lipinski definition) is 0. The van der Waals surface area contributed by atoms with Crippen molar-refractivity contribution in [3.63, 3.8) is 0 Å². The van der Waals surface area contributed by atoms with Crippen LogP contribution >= 0.6 is 11.6 Å². The Balaban J connectivity index is 3.02. The first kappa shape index (κ1) is 26.7. The first-order valence-electron chi connectivity index (χ1n) is 12.1. The topological polar surface area (TPSA) is 17.1 Å². The monoisotopic (exact) mass is 398 g/mol. The molecule has 0 N–H and O–H groups in total. The molecule has 0 unspecified atom stereocenters. The van der Waals surface area contributed by atoms with Crippen LogP contribution in [-0.4, -0.2) is 5.24 Å². The molecule has 0 aliphatic heterocycles. The molecule has 0 heterocycles. The lowest BCUT2D eigenvalue weighted by Gasteiger charge is -2.04. The van der Waals surface area contributed by atoms with Crippen molar-refractivity contribution < 1.29 is 4.79 Å². The van der Waals surface area contributed by atoms with Gasteiger partial charge in [-0.3, -0.25) is 4.79 Å². The molecule has 0 radical (unpaired) electrons. The fraction of sp³-hybridized carbons (Fsp3) is 0.880. The van der Waals surface area contributed by atoms with Gasteiger partial charge in [0.15, 0.2) is 0 Å². The molecule has 2 heteroatoms. The average molecular weight is 399 g/mol. The molecule has 1 nitrogen and oxygen atoms in total. The highest BCUT2D eigenvalue weighted by atomic mass is 35.5. The summed E-state index contributed by atoms with van der Waals surface area (Å²) in [5.74, 6) is 0. The van der Waals surface area contributed by atoms with E-state index in [1.165, 1.54) is 134 Å². The summed E-state index contributed by atoms with van der Waals surface area (Å²) >= 11 is 5.25. The maximum Gasteiger partial charge on any atom is 0.244 e. The smallest absolute Gasteiger partial charge is 0.244 e. The molecule has 0 aliphatic carbocycles. The Hall–Kier alpha value is -0.300. The van der Waals surface area contributed by atoms with E-state index in [1.54, 1.807) is 0 Å². The molecule has 0 aromatic carbocycles. The Morgan fingerprint density at radius 3 is 1.15 bits per heavy atom. The van der Waals surface area contributed by atoms with Crippen molar-refractivity contribution >= 4 is 16.8 Å². The molecule has 0 fully saturated rings. The quantitative estimate of drug-likeness (QED) is 0.101. The zero-order chi connectivity index (χ0) is 19.8. The van der Waals surface area contributed by atoms with E-state index in [0.717, 1.165) is 6.42 Å². The third-order valence-corrected chi connectivity index (χ3v) is 5.60. The van der Waals surface area contributed by atoms with Crippen molar-refractivity contribution in [3.05, 3.63) is 12.2 Å². The maximum atomic E-state index is 10.5. The van der Waals surface area contributed by atoms with Gasteiger partial charge in [0.1, 0.15) is 0 Å². The number of allylic oxidation sites excluding steroid dienone is 2. The Bertz CT molecular complexity index is 324. The fourth-order valence-electron chi connectivity index (χ4n) is 3.69. The van der Waals surface area contributed by atoms with E-state index in [-0.39, 0.29) is 5.24 Å². The Morgan fingerprint density at radius 2 is 0.852 bits per heavy atom. The highest BCUT2D eigenvalue weighted by molar-refractivity contribution is 6.66. The van der Waals surface area contributed by atoms with Crippen LogP contribution < -0.4 is 0 Å². The van der Waals surface area contributed by atoms with Gasteiger partial charge in [0, 0.05) is 0 Å². The molecule has 0 saturated carbocycles. The van der Waals surface area contributed by atoms with Crippen LogP contribution in [0.15, 0.2) is 12.2 Å². The Kier molecular flexibility index (Phi) is 23.5. The van der Waals surface area contributed by atoms with Crippen LogP contribution in [0.1, 0.15) is 142 Å². The molecule has 0 spiro atoms. The summed E-state index contributed by atoms with van der Waals surface area (Å²) in [7, 11) is 0. The zero-order valence-corrected chi connectivity index (χ0v) is 19.0. The summed E-state index contributed by atoms with van der Waals surface area (Å²) < 4.78 is 0. The first-order chi connectivity index (χ1) is 13.3. The third-order valence-electron chi connectivity index (χ3n) is 5.47. The highest BCUT2D eigenvalue weighted by Gasteiger charge is 1.95. The standard InChI is InChI=1S/C25H47ClO/c1-2-3-4-5-6-7-8-9-10-11-12-13-14-15-16-17-18-19-20-21-22-23-24-25(26)27/h23-24H,2-22H2,1H3/b24-23+. The Morgan fingerprint density at radius 1 is 0.556 bits per heavy atom. The zero-order valence-electron chi connectivity index (χ0n) is 18.3. The largest absolute Gasteiger partial charge is 0.276 e. The van der Waals surface area contributed by atoms with E-state index in [4.69, 9.17) is 11.6 Å². The molecule has 27 heavy (non-hydrogen) atoms. The van der Waals surface area contributed by atoms with Crippen molar-refractivity contribution in [2.45, 2.75) is 142 Å². The average Bonchev–Trinajstić information content (AvgIpc) is 2.65. The molecule has 0 atom stereocenters. The number of carbonyl (C=O) groups excluding carboxylic acids is 1. The lowest BCUT2D eigenvalue weighted by molar-refractivity contribution is -0.107. The van der Waals surface area contributed by atoms with E-state index < -0.39 is 0 Å². The van der Waals surface area contributed by atoms with E-state index in [2.05, 4.69) is 6.92 Å². The van der Waals surface area contributed by atoms with Gasteiger partial charge in [-0.25, -0.2) is 0 Å². The summed E-state index contributed by atoms with van der Waals surface area (Å²) in [5, 5.41) is -0.358. The third kappa shape index (κ3) is 25.7. The predicted octanol–water partition coefficient (Wildman–Crippen LogP) is 9.52. The van der Waals surface area contributed by atoms with Gasteiger partial charge in [0.2, 0.25) is 5.24 Å². The molecule has 0 aliphatic rings. The van der Waals surface area contributed by atoms with Crippen LogP contribution in [0, 0.1) is 0 Å². The molecule has 0 rings (SSSR count). The van der Waals surface area contributed by atoms with Gasteiger partial charge in [0.05, 0.1) is 0 Å². The minimum absolute atomic E-state index is 0.358. The van der Waals surface area contributed by atoms with Crippen LogP contribution in [0.4, 0.5) is 0 Å². The van der Waals surface area contributed by atoms with E-state index >= 15 is 0 Å². The van der Waals surface area contributed by atoms with Gasteiger partial charge in [-0.1, -0.05) is 135 Å². The molecule has 0 aromatic heterocycles. The van der Waals surface area contributed by atoms with Crippen LogP contribution in [0.25, 0.3) is 0 Å². The molecule has 0 aromatic rings. The number of unbranched alkanes of at least 4 members (excludes halogenated alkanes) is 20. The van der Waals surface area contributed by atoms with Crippen LogP contribution in [0.3, 0.4) is 0 Å². The molecule has 0 amide bonds. The second-order valence-corrected chi connectivity index (χ2v) is 8.59. The minimum atomic E-state index is -0.358. The van der Waals surface area contributed by atoms with Gasteiger partial charge < -0.3 is 0 Å². The number of halogens is 1. The summed E-state index contributed by atoms with van der Waals surface area (Å²) in [6.45, 7) is 2.29. The maximum absolute atomic E-state index is 10.5. The van der Waals surface area contributed by atoms with Gasteiger partial charge in [-0.15, -0.1) is 0 Å². The van der Waals surface area contributed by atoms with Crippen molar-refractivity contribution in [2.75, 3.05) is 0 Å². The molecule has 160 valence electrons. The minimum Gasteiger partial charge on any atom is -0.276 e. The number of carbonyl (C=O) groups is 1. The summed E-state index contributed by atoms with van der Waals surface area (Å²) in [6.07, 6.45) is 32.6. The molecular weight excluding hydrogens is 352 g/mol. The van der Waals surface area contributed by atoms with Crippen molar-refractivity contribution in [1.29, 1.82) is 0 Å². The lowest BCUT2D eigenvalue weighted by Crippen LogP contribution is -1.84. The van der Waals surface area contributed by atoms with Gasteiger partial charge >= 0.3 is 0 Å². The highest BCUT2D eigenvalue weighted by Crippen LogP contribution is 2.15. The normalized spacial score (nSPS) is 11.5. The van der Waals surface area contributed by atoms with Crippen molar-refractivity contribution in [1.82, 2.24) is 0 Å². The lowest BCUT2D eigenvalue weighted by atomic mass is 10.0.